The molecule has 0 aliphatic carbocycles. The van der Waals surface area contributed by atoms with Gasteiger partial charge >= 0.3 is 0 Å². The van der Waals surface area contributed by atoms with Crippen molar-refractivity contribution in [1.82, 2.24) is 5.32 Å². The quantitative estimate of drug-likeness (QED) is 0.810. The fourth-order valence-electron chi connectivity index (χ4n) is 2.27. The van der Waals surface area contributed by atoms with E-state index >= 15 is 0 Å². The Morgan fingerprint density at radius 1 is 1.15 bits per heavy atom. The van der Waals surface area contributed by atoms with Gasteiger partial charge < -0.3 is 5.32 Å². The Labute approximate surface area is 154 Å². The summed E-state index contributed by atoms with van der Waals surface area (Å²) in [5.41, 5.74) is 0.623. The summed E-state index contributed by atoms with van der Waals surface area (Å²) in [7, 11) is -4.00. The lowest BCUT2D eigenvalue weighted by Gasteiger charge is -2.24. The van der Waals surface area contributed by atoms with Crippen molar-refractivity contribution in [3.8, 4) is 6.07 Å². The normalized spacial score (nSPS) is 11.0. The maximum absolute atomic E-state index is 13.1. The Bertz CT molecular complexity index is 903. The molecule has 0 radical (unpaired) electrons. The molecule has 0 saturated heterocycles. The number of anilines is 1. The van der Waals surface area contributed by atoms with Crippen LogP contribution < -0.4 is 9.62 Å². The van der Waals surface area contributed by atoms with Crippen LogP contribution in [0.1, 0.15) is 19.4 Å². The van der Waals surface area contributed by atoms with Crippen molar-refractivity contribution in [1.29, 1.82) is 5.26 Å². The molecule has 0 saturated carbocycles. The molecule has 2 aromatic rings. The van der Waals surface area contributed by atoms with Crippen LogP contribution in [-0.2, 0) is 14.8 Å². The third-order valence-electron chi connectivity index (χ3n) is 3.59. The van der Waals surface area contributed by atoms with Crippen LogP contribution in [0.5, 0.6) is 0 Å². The van der Waals surface area contributed by atoms with E-state index < -0.39 is 10.0 Å². The number of nitrogens with zero attached hydrogens (tertiary/aromatic N) is 2. The molecule has 136 valence electrons. The van der Waals surface area contributed by atoms with Gasteiger partial charge in [-0.05, 0) is 36.2 Å². The Morgan fingerprint density at radius 3 is 2.46 bits per heavy atom. The summed E-state index contributed by atoms with van der Waals surface area (Å²) in [6.45, 7) is 4.04. The van der Waals surface area contributed by atoms with E-state index in [-0.39, 0.29) is 28.8 Å². The number of carbonyl (C=O) groups is 1. The van der Waals surface area contributed by atoms with Crippen LogP contribution in [0.2, 0.25) is 0 Å². The number of para-hydroxylation sites is 1. The van der Waals surface area contributed by atoms with Crippen molar-refractivity contribution < 1.29 is 13.2 Å². The highest BCUT2D eigenvalue weighted by molar-refractivity contribution is 7.92. The molecule has 0 atom stereocenters. The Kier molecular flexibility index (Phi) is 6.36. The second kappa shape index (κ2) is 8.50. The van der Waals surface area contributed by atoms with Crippen LogP contribution in [0.3, 0.4) is 0 Å². The zero-order valence-electron chi connectivity index (χ0n) is 14.7. The molecule has 2 rings (SSSR count). The molecule has 0 aromatic heterocycles. The molecule has 2 aromatic carbocycles. The zero-order chi connectivity index (χ0) is 19.2. The fourth-order valence-corrected chi connectivity index (χ4v) is 3.73. The number of benzene rings is 2. The monoisotopic (exact) mass is 371 g/mol. The summed E-state index contributed by atoms with van der Waals surface area (Å²) in [6, 6.07) is 16.1. The summed E-state index contributed by atoms with van der Waals surface area (Å²) in [5, 5.41) is 11.8. The van der Waals surface area contributed by atoms with Crippen molar-refractivity contribution in [3.05, 3.63) is 60.2 Å². The topological polar surface area (TPSA) is 90.3 Å². The van der Waals surface area contributed by atoms with Crippen molar-refractivity contribution >= 4 is 21.6 Å². The van der Waals surface area contributed by atoms with Gasteiger partial charge in [0.15, 0.2) is 0 Å². The predicted octanol–water partition coefficient (Wildman–Crippen LogP) is 2.53. The van der Waals surface area contributed by atoms with Crippen LogP contribution in [0.15, 0.2) is 59.5 Å². The summed E-state index contributed by atoms with van der Waals surface area (Å²) in [4.78, 5) is 12.2. The smallest absolute Gasteiger partial charge is 0.264 e. The summed E-state index contributed by atoms with van der Waals surface area (Å²) < 4.78 is 27.3. The molecule has 0 aliphatic heterocycles. The minimum absolute atomic E-state index is 0.0305. The molecular weight excluding hydrogens is 350 g/mol. The maximum Gasteiger partial charge on any atom is 0.264 e. The minimum Gasteiger partial charge on any atom is -0.354 e. The molecule has 26 heavy (non-hydrogen) atoms. The number of rotatable bonds is 7. The van der Waals surface area contributed by atoms with Gasteiger partial charge in [0.25, 0.3) is 10.0 Å². The molecule has 0 unspecified atom stereocenters. The first-order chi connectivity index (χ1) is 12.3. The van der Waals surface area contributed by atoms with Crippen LogP contribution in [0.25, 0.3) is 0 Å². The van der Waals surface area contributed by atoms with Gasteiger partial charge in [0.1, 0.15) is 6.54 Å². The third kappa shape index (κ3) is 4.83. The molecule has 0 bridgehead atoms. The van der Waals surface area contributed by atoms with E-state index in [4.69, 9.17) is 5.26 Å². The largest absolute Gasteiger partial charge is 0.354 e. The molecule has 1 N–H and O–H groups in total. The van der Waals surface area contributed by atoms with E-state index in [2.05, 4.69) is 5.32 Å². The SMILES string of the molecule is CC(C)CNC(=O)CN(c1ccccc1)S(=O)(=O)c1cccc(C#N)c1. The summed E-state index contributed by atoms with van der Waals surface area (Å²) in [6.07, 6.45) is 0. The minimum atomic E-state index is -4.00. The number of nitriles is 1. The Morgan fingerprint density at radius 2 is 1.85 bits per heavy atom. The first-order valence-corrected chi connectivity index (χ1v) is 9.63. The lowest BCUT2D eigenvalue weighted by atomic mass is 10.2. The van der Waals surface area contributed by atoms with Gasteiger partial charge in [-0.15, -0.1) is 0 Å². The molecule has 6 nitrogen and oxygen atoms in total. The van der Waals surface area contributed by atoms with Gasteiger partial charge in [0.2, 0.25) is 5.91 Å². The van der Waals surface area contributed by atoms with E-state index in [0.717, 1.165) is 4.31 Å². The molecule has 7 heteroatoms. The van der Waals surface area contributed by atoms with E-state index in [9.17, 15) is 13.2 Å². The molecule has 1 amide bonds. The van der Waals surface area contributed by atoms with Gasteiger partial charge in [0.05, 0.1) is 22.2 Å². The number of hydrogen-bond acceptors (Lipinski definition) is 4. The maximum atomic E-state index is 13.1. The van der Waals surface area contributed by atoms with E-state index in [1.54, 1.807) is 30.3 Å². The molecular formula is C19H21N3O3S. The number of hydrogen-bond donors (Lipinski definition) is 1. The third-order valence-corrected chi connectivity index (χ3v) is 5.36. The molecule has 0 heterocycles. The predicted molar refractivity (Wildman–Crippen MR) is 100.0 cm³/mol. The van der Waals surface area contributed by atoms with Crippen molar-refractivity contribution in [2.75, 3.05) is 17.4 Å². The Balaban J connectivity index is 2.40. The van der Waals surface area contributed by atoms with Gasteiger partial charge in [-0.25, -0.2) is 8.42 Å². The van der Waals surface area contributed by atoms with E-state index in [1.165, 1.54) is 24.3 Å². The number of carbonyl (C=O) groups excluding carboxylic acids is 1. The van der Waals surface area contributed by atoms with Gasteiger partial charge in [-0.2, -0.15) is 5.26 Å². The van der Waals surface area contributed by atoms with Gasteiger partial charge in [0, 0.05) is 6.54 Å². The van der Waals surface area contributed by atoms with Crippen LogP contribution in [-0.4, -0.2) is 27.4 Å². The van der Waals surface area contributed by atoms with Crippen LogP contribution >= 0.6 is 0 Å². The van der Waals surface area contributed by atoms with Gasteiger partial charge in [-0.1, -0.05) is 38.1 Å². The van der Waals surface area contributed by atoms with Crippen LogP contribution in [0.4, 0.5) is 5.69 Å². The summed E-state index contributed by atoms with van der Waals surface area (Å²) in [5.74, 6) is -0.129. The molecule has 0 aliphatic rings. The van der Waals surface area contributed by atoms with Crippen molar-refractivity contribution in [2.24, 2.45) is 5.92 Å². The highest BCUT2D eigenvalue weighted by atomic mass is 32.2. The van der Waals surface area contributed by atoms with E-state index in [1.807, 2.05) is 19.9 Å². The fraction of sp³-hybridized carbons (Fsp3) is 0.263. The number of sulfonamides is 1. The molecule has 0 fully saturated rings. The van der Waals surface area contributed by atoms with E-state index in [0.29, 0.717) is 12.2 Å². The number of nitrogens with one attached hydrogen (secondary N) is 1. The average molecular weight is 371 g/mol. The van der Waals surface area contributed by atoms with Crippen LogP contribution in [0, 0.1) is 17.2 Å². The highest BCUT2D eigenvalue weighted by Gasteiger charge is 2.27. The average Bonchev–Trinajstić information content (AvgIpc) is 2.65. The summed E-state index contributed by atoms with van der Waals surface area (Å²) >= 11 is 0. The lowest BCUT2D eigenvalue weighted by molar-refractivity contribution is -0.119. The number of amides is 1. The highest BCUT2D eigenvalue weighted by Crippen LogP contribution is 2.23. The Hall–Kier alpha value is -2.85. The van der Waals surface area contributed by atoms with Gasteiger partial charge in [-0.3, -0.25) is 9.10 Å². The second-order valence-electron chi connectivity index (χ2n) is 6.18. The first kappa shape index (κ1) is 19.5. The van der Waals surface area contributed by atoms with Crippen molar-refractivity contribution in [2.45, 2.75) is 18.7 Å². The van der Waals surface area contributed by atoms with Crippen molar-refractivity contribution in [3.63, 3.8) is 0 Å². The molecule has 0 spiro atoms. The second-order valence-corrected chi connectivity index (χ2v) is 8.05. The lowest BCUT2D eigenvalue weighted by Crippen LogP contribution is -2.41. The first-order valence-electron chi connectivity index (χ1n) is 8.19. The standard InChI is InChI=1S/C19H21N3O3S/c1-15(2)13-21-19(23)14-22(17-8-4-3-5-9-17)26(24,25)18-10-6-7-16(11-18)12-20/h3-11,15H,13-14H2,1-2H3,(H,21,23). The zero-order valence-corrected chi connectivity index (χ0v) is 15.5.